The minimum atomic E-state index is -0.0440. The molecule has 0 aliphatic rings. The van der Waals surface area contributed by atoms with E-state index in [4.69, 9.17) is 11.6 Å². The van der Waals surface area contributed by atoms with E-state index in [2.05, 4.69) is 20.8 Å². The monoisotopic (exact) mass is 415 g/mol. The molecule has 30 heavy (non-hydrogen) atoms. The lowest BCUT2D eigenvalue weighted by atomic mass is 10.0. The molecule has 4 rings (SSSR count). The van der Waals surface area contributed by atoms with E-state index in [9.17, 15) is 4.79 Å². The average Bonchev–Trinajstić information content (AvgIpc) is 3.23. The molecule has 4 aromatic rings. The summed E-state index contributed by atoms with van der Waals surface area (Å²) in [6.45, 7) is 1.98. The van der Waals surface area contributed by atoms with Crippen molar-refractivity contribution in [2.75, 3.05) is 5.32 Å². The SMILES string of the molecule is Cc1ccc(C(=O)c2ccccc2)c(N/C=C\c2nnnn2-c2ccc(Cl)cc2)c1. The largest absolute Gasteiger partial charge is 0.361 e. The van der Waals surface area contributed by atoms with Gasteiger partial charge >= 0.3 is 0 Å². The number of anilines is 1. The van der Waals surface area contributed by atoms with Crippen LogP contribution >= 0.6 is 11.6 Å². The molecule has 0 aliphatic carbocycles. The van der Waals surface area contributed by atoms with Gasteiger partial charge in [-0.15, -0.1) is 5.10 Å². The number of hydrogen-bond donors (Lipinski definition) is 1. The molecule has 0 aliphatic heterocycles. The first-order chi connectivity index (χ1) is 14.6. The van der Waals surface area contributed by atoms with Gasteiger partial charge in [0.1, 0.15) is 0 Å². The van der Waals surface area contributed by atoms with Crippen molar-refractivity contribution in [2.24, 2.45) is 0 Å². The molecule has 1 aromatic heterocycles. The summed E-state index contributed by atoms with van der Waals surface area (Å²) in [5.41, 5.74) is 3.78. The predicted molar refractivity (Wildman–Crippen MR) is 118 cm³/mol. The number of aryl methyl sites for hydroxylation is 1. The highest BCUT2D eigenvalue weighted by Gasteiger charge is 2.13. The second-order valence-corrected chi connectivity index (χ2v) is 7.08. The fourth-order valence-corrected chi connectivity index (χ4v) is 3.12. The van der Waals surface area contributed by atoms with Crippen molar-refractivity contribution in [3.8, 4) is 5.69 Å². The number of rotatable bonds is 6. The van der Waals surface area contributed by atoms with Gasteiger partial charge in [0, 0.05) is 34.1 Å². The first-order valence-electron chi connectivity index (χ1n) is 9.29. The molecule has 0 saturated heterocycles. The van der Waals surface area contributed by atoms with E-state index in [-0.39, 0.29) is 5.78 Å². The van der Waals surface area contributed by atoms with Crippen LogP contribution in [0.3, 0.4) is 0 Å². The average molecular weight is 416 g/mol. The van der Waals surface area contributed by atoms with Gasteiger partial charge in [0.25, 0.3) is 0 Å². The molecule has 0 radical (unpaired) electrons. The fourth-order valence-electron chi connectivity index (χ4n) is 2.99. The van der Waals surface area contributed by atoms with Gasteiger partial charge in [0.05, 0.1) is 5.69 Å². The van der Waals surface area contributed by atoms with Crippen LogP contribution in [0.2, 0.25) is 5.02 Å². The molecule has 1 N–H and O–H groups in total. The Morgan fingerprint density at radius 3 is 2.57 bits per heavy atom. The van der Waals surface area contributed by atoms with E-state index in [1.54, 1.807) is 29.1 Å². The van der Waals surface area contributed by atoms with Gasteiger partial charge in [-0.1, -0.05) is 48.0 Å². The number of carbonyl (C=O) groups excluding carboxylic acids is 1. The molecule has 0 saturated carbocycles. The van der Waals surface area contributed by atoms with Crippen LogP contribution in [-0.2, 0) is 0 Å². The highest BCUT2D eigenvalue weighted by atomic mass is 35.5. The summed E-state index contributed by atoms with van der Waals surface area (Å²) in [6, 6.07) is 22.1. The molecule has 1 heterocycles. The summed E-state index contributed by atoms with van der Waals surface area (Å²) in [5.74, 6) is 0.492. The van der Waals surface area contributed by atoms with Gasteiger partial charge in [-0.3, -0.25) is 4.79 Å². The maximum absolute atomic E-state index is 12.9. The summed E-state index contributed by atoms with van der Waals surface area (Å²) in [5, 5.41) is 15.6. The number of nitrogens with zero attached hydrogens (tertiary/aromatic N) is 4. The molecule has 7 heteroatoms. The molecule has 0 spiro atoms. The lowest BCUT2D eigenvalue weighted by Crippen LogP contribution is -2.05. The van der Waals surface area contributed by atoms with Gasteiger partial charge < -0.3 is 5.32 Å². The van der Waals surface area contributed by atoms with Crippen LogP contribution in [0, 0.1) is 6.92 Å². The first-order valence-corrected chi connectivity index (χ1v) is 9.67. The van der Waals surface area contributed by atoms with E-state index in [1.165, 1.54) is 0 Å². The smallest absolute Gasteiger partial charge is 0.195 e. The van der Waals surface area contributed by atoms with Gasteiger partial charge in [-0.05, 0) is 59.3 Å². The van der Waals surface area contributed by atoms with E-state index in [1.807, 2.05) is 67.6 Å². The minimum absolute atomic E-state index is 0.0440. The summed E-state index contributed by atoms with van der Waals surface area (Å²) < 4.78 is 1.60. The Morgan fingerprint density at radius 2 is 1.80 bits per heavy atom. The summed E-state index contributed by atoms with van der Waals surface area (Å²) in [7, 11) is 0. The van der Waals surface area contributed by atoms with Crippen LogP contribution in [0.1, 0.15) is 27.3 Å². The Balaban J connectivity index is 1.58. The Bertz CT molecular complexity index is 1200. The van der Waals surface area contributed by atoms with E-state index in [0.29, 0.717) is 27.7 Å². The van der Waals surface area contributed by atoms with Crippen molar-refractivity contribution in [3.63, 3.8) is 0 Å². The van der Waals surface area contributed by atoms with Crippen molar-refractivity contribution in [1.29, 1.82) is 0 Å². The van der Waals surface area contributed by atoms with E-state index in [0.717, 1.165) is 11.3 Å². The van der Waals surface area contributed by atoms with Crippen molar-refractivity contribution >= 4 is 29.1 Å². The molecule has 0 bridgehead atoms. The van der Waals surface area contributed by atoms with Crippen molar-refractivity contribution < 1.29 is 4.79 Å². The molecular formula is C23H18ClN5O. The minimum Gasteiger partial charge on any atom is -0.361 e. The molecule has 0 amide bonds. The Morgan fingerprint density at radius 1 is 1.03 bits per heavy atom. The third kappa shape index (κ3) is 4.29. The van der Waals surface area contributed by atoms with Crippen LogP contribution in [0.25, 0.3) is 11.8 Å². The Labute approximate surface area is 178 Å². The van der Waals surface area contributed by atoms with E-state index >= 15 is 0 Å². The van der Waals surface area contributed by atoms with Gasteiger partial charge in [-0.2, -0.15) is 4.68 Å². The molecule has 0 unspecified atom stereocenters. The summed E-state index contributed by atoms with van der Waals surface area (Å²) in [6.07, 6.45) is 3.46. The van der Waals surface area contributed by atoms with Gasteiger partial charge in [0.15, 0.2) is 11.6 Å². The second-order valence-electron chi connectivity index (χ2n) is 6.65. The lowest BCUT2D eigenvalue weighted by Gasteiger charge is -2.10. The number of halogens is 1. The standard InChI is InChI=1S/C23H18ClN5O/c1-16-7-12-20(23(30)17-5-3-2-4-6-17)21(15-16)25-14-13-22-26-27-28-29(22)19-10-8-18(24)9-11-19/h2-15,25H,1H3/b14-13-. The number of hydrogen-bond acceptors (Lipinski definition) is 5. The van der Waals surface area contributed by atoms with Crippen LogP contribution in [0.15, 0.2) is 79.0 Å². The molecule has 6 nitrogen and oxygen atoms in total. The highest BCUT2D eigenvalue weighted by molar-refractivity contribution is 6.30. The van der Waals surface area contributed by atoms with E-state index < -0.39 is 0 Å². The highest BCUT2D eigenvalue weighted by Crippen LogP contribution is 2.22. The molecule has 3 aromatic carbocycles. The van der Waals surface area contributed by atoms with Crippen LogP contribution < -0.4 is 5.32 Å². The number of benzene rings is 3. The number of ketones is 1. The zero-order chi connectivity index (χ0) is 20.9. The molecule has 148 valence electrons. The lowest BCUT2D eigenvalue weighted by molar-refractivity contribution is 0.103. The zero-order valence-corrected chi connectivity index (χ0v) is 16.9. The van der Waals surface area contributed by atoms with Crippen molar-refractivity contribution in [2.45, 2.75) is 6.92 Å². The van der Waals surface area contributed by atoms with Gasteiger partial charge in [-0.25, -0.2) is 0 Å². The maximum Gasteiger partial charge on any atom is 0.195 e. The van der Waals surface area contributed by atoms with Gasteiger partial charge in [0.2, 0.25) is 0 Å². The number of aromatic nitrogens is 4. The Kier molecular flexibility index (Phi) is 5.68. The number of nitrogens with one attached hydrogen (secondary N) is 1. The number of tetrazole rings is 1. The normalized spacial score (nSPS) is 11.0. The fraction of sp³-hybridized carbons (Fsp3) is 0.0435. The first kappa shape index (κ1) is 19.5. The molecular weight excluding hydrogens is 398 g/mol. The van der Waals surface area contributed by atoms with Crippen molar-refractivity contribution in [1.82, 2.24) is 20.2 Å². The maximum atomic E-state index is 12.9. The number of carbonyl (C=O) groups is 1. The quantitative estimate of drug-likeness (QED) is 0.451. The van der Waals surface area contributed by atoms with Crippen LogP contribution in [-0.4, -0.2) is 26.0 Å². The van der Waals surface area contributed by atoms with Crippen molar-refractivity contribution in [3.05, 3.63) is 107 Å². The summed E-state index contributed by atoms with van der Waals surface area (Å²) >= 11 is 5.95. The third-order valence-electron chi connectivity index (χ3n) is 4.49. The Hall–Kier alpha value is -3.77. The molecule has 0 fully saturated rings. The zero-order valence-electron chi connectivity index (χ0n) is 16.2. The second kappa shape index (κ2) is 8.71. The van der Waals surface area contributed by atoms with Crippen LogP contribution in [0.5, 0.6) is 0 Å². The van der Waals surface area contributed by atoms with Crippen LogP contribution in [0.4, 0.5) is 5.69 Å². The predicted octanol–water partition coefficient (Wildman–Crippen LogP) is 4.94. The third-order valence-corrected chi connectivity index (χ3v) is 4.74. The topological polar surface area (TPSA) is 72.7 Å². The summed E-state index contributed by atoms with van der Waals surface area (Å²) in [4.78, 5) is 12.9. The molecule has 0 atom stereocenters.